The van der Waals surface area contributed by atoms with Crippen molar-refractivity contribution in [1.82, 2.24) is 5.32 Å². The fourth-order valence-electron chi connectivity index (χ4n) is 2.62. The minimum atomic E-state index is -0.581. The van der Waals surface area contributed by atoms with Crippen LogP contribution in [0.4, 0.5) is 0 Å². The van der Waals surface area contributed by atoms with E-state index < -0.39 is 5.38 Å². The lowest BCUT2D eigenvalue weighted by Gasteiger charge is -2.17. The van der Waals surface area contributed by atoms with Gasteiger partial charge in [-0.15, -0.1) is 11.6 Å². The highest BCUT2D eigenvalue weighted by Gasteiger charge is 2.25. The van der Waals surface area contributed by atoms with Crippen LogP contribution in [0.25, 0.3) is 0 Å². The standard InChI is InChI=1S/C15H20ClNO/c1-11-6-5-9-13(11)10-17-15(18)14(16)12-7-3-2-4-8-12/h2-4,7-8,11,13-14H,5-6,9-10H2,1H3,(H,17,18). The van der Waals surface area contributed by atoms with Crippen LogP contribution in [0.3, 0.4) is 0 Å². The highest BCUT2D eigenvalue weighted by Crippen LogP contribution is 2.30. The van der Waals surface area contributed by atoms with Crippen molar-refractivity contribution in [1.29, 1.82) is 0 Å². The smallest absolute Gasteiger partial charge is 0.242 e. The van der Waals surface area contributed by atoms with Gasteiger partial charge in [0.15, 0.2) is 0 Å². The van der Waals surface area contributed by atoms with E-state index in [0.29, 0.717) is 5.92 Å². The second-order valence-corrected chi connectivity index (χ2v) is 5.62. The summed E-state index contributed by atoms with van der Waals surface area (Å²) >= 11 is 6.17. The summed E-state index contributed by atoms with van der Waals surface area (Å²) in [5.74, 6) is 1.26. The number of benzene rings is 1. The molecule has 2 nitrogen and oxygen atoms in total. The van der Waals surface area contributed by atoms with Gasteiger partial charge in [0.2, 0.25) is 5.91 Å². The first-order valence-corrected chi connectivity index (χ1v) is 7.09. The molecule has 1 N–H and O–H groups in total. The van der Waals surface area contributed by atoms with Crippen LogP contribution in [-0.2, 0) is 4.79 Å². The zero-order valence-corrected chi connectivity index (χ0v) is 11.5. The van der Waals surface area contributed by atoms with Gasteiger partial charge in [0.1, 0.15) is 5.38 Å². The van der Waals surface area contributed by atoms with Gasteiger partial charge < -0.3 is 5.32 Å². The zero-order chi connectivity index (χ0) is 13.0. The first-order valence-electron chi connectivity index (χ1n) is 6.65. The van der Waals surface area contributed by atoms with Crippen LogP contribution < -0.4 is 5.32 Å². The van der Waals surface area contributed by atoms with Crippen molar-refractivity contribution in [2.24, 2.45) is 11.8 Å². The molecule has 1 saturated carbocycles. The van der Waals surface area contributed by atoms with E-state index in [1.165, 1.54) is 19.3 Å². The fourth-order valence-corrected chi connectivity index (χ4v) is 2.84. The number of carbonyl (C=O) groups is 1. The lowest BCUT2D eigenvalue weighted by atomic mass is 9.98. The van der Waals surface area contributed by atoms with Gasteiger partial charge in [0, 0.05) is 6.54 Å². The first-order chi connectivity index (χ1) is 8.68. The summed E-state index contributed by atoms with van der Waals surface area (Å²) in [6, 6.07) is 9.49. The molecular formula is C15H20ClNO. The SMILES string of the molecule is CC1CCCC1CNC(=O)C(Cl)c1ccccc1. The number of amides is 1. The predicted molar refractivity (Wildman–Crippen MR) is 74.6 cm³/mol. The summed E-state index contributed by atoms with van der Waals surface area (Å²) in [6.45, 7) is 3.02. The van der Waals surface area contributed by atoms with Gasteiger partial charge in [-0.2, -0.15) is 0 Å². The molecule has 0 spiro atoms. The van der Waals surface area contributed by atoms with Gasteiger partial charge in [0.25, 0.3) is 0 Å². The molecular weight excluding hydrogens is 246 g/mol. The van der Waals surface area contributed by atoms with Crippen LogP contribution in [0.15, 0.2) is 30.3 Å². The summed E-state index contributed by atoms with van der Waals surface area (Å²) in [4.78, 5) is 12.0. The van der Waals surface area contributed by atoms with Crippen molar-refractivity contribution in [2.75, 3.05) is 6.54 Å². The van der Waals surface area contributed by atoms with Gasteiger partial charge in [-0.1, -0.05) is 50.1 Å². The zero-order valence-electron chi connectivity index (χ0n) is 10.7. The van der Waals surface area contributed by atoms with Crippen LogP contribution in [-0.4, -0.2) is 12.5 Å². The summed E-state index contributed by atoms with van der Waals surface area (Å²) in [5.41, 5.74) is 0.858. The Hall–Kier alpha value is -1.02. The maximum atomic E-state index is 12.0. The molecule has 0 radical (unpaired) electrons. The Kier molecular flexibility index (Phi) is 4.65. The Morgan fingerprint density at radius 2 is 2.11 bits per heavy atom. The lowest BCUT2D eigenvalue weighted by Crippen LogP contribution is -2.32. The fraction of sp³-hybridized carbons (Fsp3) is 0.533. The minimum absolute atomic E-state index is 0.0815. The molecule has 0 heterocycles. The average Bonchev–Trinajstić information content (AvgIpc) is 2.81. The van der Waals surface area contributed by atoms with Gasteiger partial charge in [-0.05, 0) is 23.8 Å². The van der Waals surface area contributed by atoms with Crippen LogP contribution in [0, 0.1) is 11.8 Å². The molecule has 0 aromatic heterocycles. The average molecular weight is 266 g/mol. The molecule has 3 unspecified atom stereocenters. The maximum absolute atomic E-state index is 12.0. The molecule has 1 aromatic rings. The number of hydrogen-bond acceptors (Lipinski definition) is 1. The first kappa shape index (κ1) is 13.4. The molecule has 3 atom stereocenters. The van der Waals surface area contributed by atoms with E-state index in [1.54, 1.807) is 0 Å². The molecule has 1 aliphatic rings. The van der Waals surface area contributed by atoms with Crippen molar-refractivity contribution in [2.45, 2.75) is 31.6 Å². The monoisotopic (exact) mass is 265 g/mol. The van der Waals surface area contributed by atoms with E-state index >= 15 is 0 Å². The van der Waals surface area contributed by atoms with E-state index in [0.717, 1.165) is 18.0 Å². The van der Waals surface area contributed by atoms with Crippen molar-refractivity contribution in [3.63, 3.8) is 0 Å². The molecule has 1 aliphatic carbocycles. The summed E-state index contributed by atoms with van der Waals surface area (Å²) in [6.07, 6.45) is 3.79. The third-order valence-corrected chi connectivity index (χ3v) is 4.35. The van der Waals surface area contributed by atoms with Gasteiger partial charge in [0.05, 0.1) is 0 Å². The second-order valence-electron chi connectivity index (χ2n) is 5.19. The Bertz CT molecular complexity index is 393. The molecule has 1 aromatic carbocycles. The highest BCUT2D eigenvalue weighted by molar-refractivity contribution is 6.30. The normalized spacial score (nSPS) is 24.8. The number of rotatable bonds is 4. The van der Waals surface area contributed by atoms with Crippen LogP contribution in [0.5, 0.6) is 0 Å². The predicted octanol–water partition coefficient (Wildman–Crippen LogP) is 3.52. The second kappa shape index (κ2) is 6.24. The van der Waals surface area contributed by atoms with E-state index in [1.807, 2.05) is 30.3 Å². The lowest BCUT2D eigenvalue weighted by molar-refractivity contribution is -0.121. The molecule has 98 valence electrons. The van der Waals surface area contributed by atoms with E-state index in [4.69, 9.17) is 11.6 Å². The topological polar surface area (TPSA) is 29.1 Å². The third-order valence-electron chi connectivity index (χ3n) is 3.90. The van der Waals surface area contributed by atoms with Crippen LogP contribution in [0.1, 0.15) is 37.1 Å². The minimum Gasteiger partial charge on any atom is -0.354 e. The summed E-state index contributed by atoms with van der Waals surface area (Å²) in [7, 11) is 0. The highest BCUT2D eigenvalue weighted by atomic mass is 35.5. The molecule has 0 bridgehead atoms. The molecule has 0 aliphatic heterocycles. The largest absolute Gasteiger partial charge is 0.354 e. The molecule has 2 rings (SSSR count). The number of nitrogens with one attached hydrogen (secondary N) is 1. The molecule has 1 fully saturated rings. The quantitative estimate of drug-likeness (QED) is 0.830. The summed E-state index contributed by atoms with van der Waals surface area (Å²) in [5, 5.41) is 2.40. The Morgan fingerprint density at radius 1 is 1.39 bits per heavy atom. The van der Waals surface area contributed by atoms with Crippen molar-refractivity contribution >= 4 is 17.5 Å². The molecule has 1 amide bonds. The van der Waals surface area contributed by atoms with E-state index in [9.17, 15) is 4.79 Å². The maximum Gasteiger partial charge on any atom is 0.242 e. The number of halogens is 1. The van der Waals surface area contributed by atoms with Gasteiger partial charge in [-0.3, -0.25) is 4.79 Å². The number of carbonyl (C=O) groups excluding carboxylic acids is 1. The summed E-state index contributed by atoms with van der Waals surface area (Å²) < 4.78 is 0. The third kappa shape index (κ3) is 3.26. The van der Waals surface area contributed by atoms with Crippen molar-refractivity contribution in [3.8, 4) is 0 Å². The number of alkyl halides is 1. The van der Waals surface area contributed by atoms with E-state index in [2.05, 4.69) is 12.2 Å². The van der Waals surface area contributed by atoms with Crippen molar-refractivity contribution in [3.05, 3.63) is 35.9 Å². The van der Waals surface area contributed by atoms with Gasteiger partial charge >= 0.3 is 0 Å². The molecule has 18 heavy (non-hydrogen) atoms. The number of hydrogen-bond donors (Lipinski definition) is 1. The Balaban J connectivity index is 1.84. The van der Waals surface area contributed by atoms with Crippen LogP contribution >= 0.6 is 11.6 Å². The van der Waals surface area contributed by atoms with Crippen molar-refractivity contribution < 1.29 is 4.79 Å². The Labute approximate surface area is 114 Å². The van der Waals surface area contributed by atoms with E-state index in [-0.39, 0.29) is 5.91 Å². The Morgan fingerprint density at radius 3 is 2.72 bits per heavy atom. The van der Waals surface area contributed by atoms with Gasteiger partial charge in [-0.25, -0.2) is 0 Å². The van der Waals surface area contributed by atoms with Crippen LogP contribution in [0.2, 0.25) is 0 Å². The molecule has 0 saturated heterocycles. The molecule has 3 heteroatoms.